The number of aromatic amines is 1. The Hall–Kier alpha value is -1.28. The molecule has 0 aliphatic rings. The minimum atomic E-state index is 1.22. The van der Waals surface area contributed by atoms with Gasteiger partial charge in [0.15, 0.2) is 0 Å². The summed E-state index contributed by atoms with van der Waals surface area (Å²) in [5.74, 6) is 0. The maximum atomic E-state index is 3.21. The van der Waals surface area contributed by atoms with E-state index in [1.165, 1.54) is 21.0 Å². The number of thiophene rings is 1. The van der Waals surface area contributed by atoms with E-state index in [2.05, 4.69) is 34.6 Å². The van der Waals surface area contributed by atoms with Gasteiger partial charge in [0.05, 0.1) is 0 Å². The molecule has 0 radical (unpaired) electrons. The van der Waals surface area contributed by atoms with E-state index in [9.17, 15) is 0 Å². The van der Waals surface area contributed by atoms with Crippen LogP contribution < -0.4 is 0 Å². The van der Waals surface area contributed by atoms with Crippen LogP contribution in [0.4, 0.5) is 0 Å². The summed E-state index contributed by atoms with van der Waals surface area (Å²) >= 11 is 1.79. The fraction of sp³-hybridized carbons (Fsp3) is 0. The number of hydrogen-bond acceptors (Lipinski definition) is 1. The highest BCUT2D eigenvalue weighted by atomic mass is 32.1. The molecule has 1 nitrogen and oxygen atoms in total. The number of hydrogen-bond donors (Lipinski definition) is 1. The molecule has 1 aromatic carbocycles. The Morgan fingerprint density at radius 3 is 3.08 bits per heavy atom. The van der Waals surface area contributed by atoms with Crippen molar-refractivity contribution in [3.8, 4) is 0 Å². The van der Waals surface area contributed by atoms with Crippen LogP contribution in [0, 0.1) is 0 Å². The number of aromatic nitrogens is 1. The average Bonchev–Trinajstić information content (AvgIpc) is 2.64. The molecule has 0 saturated carbocycles. The molecule has 1 N–H and O–H groups in total. The van der Waals surface area contributed by atoms with E-state index in [-0.39, 0.29) is 0 Å². The lowest BCUT2D eigenvalue weighted by molar-refractivity contribution is 1.48. The van der Waals surface area contributed by atoms with Crippen molar-refractivity contribution in [1.82, 2.24) is 4.98 Å². The highest BCUT2D eigenvalue weighted by molar-refractivity contribution is 7.17. The van der Waals surface area contributed by atoms with E-state index in [4.69, 9.17) is 0 Å². The van der Waals surface area contributed by atoms with Crippen LogP contribution >= 0.6 is 11.3 Å². The van der Waals surface area contributed by atoms with Crippen LogP contribution in [0.25, 0.3) is 21.0 Å². The third kappa shape index (κ3) is 0.728. The van der Waals surface area contributed by atoms with Crippen molar-refractivity contribution in [2.75, 3.05) is 0 Å². The highest BCUT2D eigenvalue weighted by Gasteiger charge is 1.98. The minimum Gasteiger partial charge on any atom is -0.361 e. The normalized spacial score (nSPS) is 11.3. The minimum absolute atomic E-state index is 1.22. The molecule has 0 saturated heterocycles. The lowest BCUT2D eigenvalue weighted by Crippen LogP contribution is -1.65. The molecule has 2 aromatic heterocycles. The zero-order valence-corrected chi connectivity index (χ0v) is 7.19. The van der Waals surface area contributed by atoms with E-state index < -0.39 is 0 Å². The maximum Gasteiger partial charge on any atom is 0.0460 e. The van der Waals surface area contributed by atoms with E-state index in [0.717, 1.165) is 0 Å². The van der Waals surface area contributed by atoms with E-state index in [1.54, 1.807) is 11.3 Å². The summed E-state index contributed by atoms with van der Waals surface area (Å²) in [7, 11) is 0. The molecule has 0 amide bonds. The van der Waals surface area contributed by atoms with Crippen molar-refractivity contribution < 1.29 is 0 Å². The average molecular weight is 173 g/mol. The van der Waals surface area contributed by atoms with Crippen molar-refractivity contribution in [3.05, 3.63) is 35.8 Å². The highest BCUT2D eigenvalue weighted by Crippen LogP contribution is 2.25. The van der Waals surface area contributed by atoms with Crippen LogP contribution in [0.1, 0.15) is 0 Å². The van der Waals surface area contributed by atoms with E-state index >= 15 is 0 Å². The maximum absolute atomic E-state index is 3.21. The van der Waals surface area contributed by atoms with Gasteiger partial charge in [-0.05, 0) is 35.0 Å². The Morgan fingerprint density at radius 2 is 2.08 bits per heavy atom. The summed E-state index contributed by atoms with van der Waals surface area (Å²) in [6.45, 7) is 0. The van der Waals surface area contributed by atoms with Gasteiger partial charge in [0.2, 0.25) is 0 Å². The molecule has 0 spiro atoms. The summed E-state index contributed by atoms with van der Waals surface area (Å²) in [6, 6.07) is 8.68. The number of benzene rings is 1. The van der Waals surface area contributed by atoms with Crippen LogP contribution in [0.5, 0.6) is 0 Å². The van der Waals surface area contributed by atoms with Crippen LogP contribution in [0.2, 0.25) is 0 Å². The molecular formula is C10H7NS. The zero-order valence-electron chi connectivity index (χ0n) is 6.37. The smallest absolute Gasteiger partial charge is 0.0460 e. The van der Waals surface area contributed by atoms with Crippen molar-refractivity contribution in [2.45, 2.75) is 0 Å². The first kappa shape index (κ1) is 6.26. The molecule has 3 rings (SSSR count). The Kier molecular flexibility index (Phi) is 1.10. The number of fused-ring (bicyclic) bond motifs is 2. The second-order valence-corrected chi connectivity index (χ2v) is 3.82. The van der Waals surface area contributed by atoms with Crippen LogP contribution in [-0.2, 0) is 0 Å². The molecular weight excluding hydrogens is 166 g/mol. The summed E-state index contributed by atoms with van der Waals surface area (Å²) in [4.78, 5) is 3.21. The fourth-order valence-corrected chi connectivity index (χ4v) is 2.33. The molecule has 2 heterocycles. The van der Waals surface area contributed by atoms with Crippen LogP contribution in [-0.4, -0.2) is 4.98 Å². The van der Waals surface area contributed by atoms with Crippen molar-refractivity contribution in [3.63, 3.8) is 0 Å². The van der Waals surface area contributed by atoms with Crippen molar-refractivity contribution in [2.24, 2.45) is 0 Å². The van der Waals surface area contributed by atoms with Gasteiger partial charge < -0.3 is 4.98 Å². The van der Waals surface area contributed by atoms with Gasteiger partial charge in [0.25, 0.3) is 0 Å². The number of H-pyrrole nitrogens is 1. The van der Waals surface area contributed by atoms with Crippen LogP contribution in [0.3, 0.4) is 0 Å². The SMILES string of the molecule is c1cc2cc3sccc3cc2[nH]1. The van der Waals surface area contributed by atoms with E-state index in [0.29, 0.717) is 0 Å². The molecule has 0 aliphatic heterocycles. The Bertz CT molecular complexity index is 442. The van der Waals surface area contributed by atoms with Crippen molar-refractivity contribution in [1.29, 1.82) is 0 Å². The summed E-state index contributed by atoms with van der Waals surface area (Å²) in [5.41, 5.74) is 1.22. The Labute approximate surface area is 73.6 Å². The van der Waals surface area contributed by atoms with Gasteiger partial charge in [0, 0.05) is 21.8 Å². The van der Waals surface area contributed by atoms with E-state index in [1.807, 2.05) is 6.20 Å². The van der Waals surface area contributed by atoms with Gasteiger partial charge in [-0.2, -0.15) is 0 Å². The predicted octanol–water partition coefficient (Wildman–Crippen LogP) is 3.38. The Morgan fingerprint density at radius 1 is 1.08 bits per heavy atom. The molecule has 0 atom stereocenters. The van der Waals surface area contributed by atoms with Gasteiger partial charge in [-0.3, -0.25) is 0 Å². The zero-order chi connectivity index (χ0) is 7.97. The monoisotopic (exact) mass is 173 g/mol. The molecule has 58 valence electrons. The topological polar surface area (TPSA) is 15.8 Å². The Balaban J connectivity index is 2.62. The summed E-state index contributed by atoms with van der Waals surface area (Å²) in [6.07, 6.45) is 1.98. The van der Waals surface area contributed by atoms with Crippen LogP contribution in [0.15, 0.2) is 35.8 Å². The third-order valence-corrected chi connectivity index (χ3v) is 3.01. The lowest BCUT2D eigenvalue weighted by Gasteiger charge is -1.90. The second-order valence-electron chi connectivity index (χ2n) is 2.88. The number of nitrogens with one attached hydrogen (secondary N) is 1. The lowest BCUT2D eigenvalue weighted by atomic mass is 10.2. The van der Waals surface area contributed by atoms with Gasteiger partial charge >= 0.3 is 0 Å². The van der Waals surface area contributed by atoms with Gasteiger partial charge in [0.1, 0.15) is 0 Å². The van der Waals surface area contributed by atoms with Gasteiger partial charge in [-0.25, -0.2) is 0 Å². The first-order valence-electron chi connectivity index (χ1n) is 3.88. The molecule has 3 aromatic rings. The quantitative estimate of drug-likeness (QED) is 0.536. The standard InChI is InChI=1S/C10H7NS/c1-3-11-9-5-8-2-4-12-10(8)6-7(1)9/h1-6,11H. The molecule has 0 fully saturated rings. The first-order chi connectivity index (χ1) is 5.93. The molecule has 2 heteroatoms. The fourth-order valence-electron chi connectivity index (χ4n) is 1.51. The van der Waals surface area contributed by atoms with Crippen molar-refractivity contribution >= 4 is 32.3 Å². The summed E-state index contributed by atoms with van der Waals surface area (Å²) < 4.78 is 1.36. The first-order valence-corrected chi connectivity index (χ1v) is 4.76. The third-order valence-electron chi connectivity index (χ3n) is 2.13. The van der Waals surface area contributed by atoms with Gasteiger partial charge in [-0.1, -0.05) is 0 Å². The predicted molar refractivity (Wildman–Crippen MR) is 53.7 cm³/mol. The molecule has 0 unspecified atom stereocenters. The molecule has 0 bridgehead atoms. The second kappa shape index (κ2) is 2.11. The molecule has 0 aliphatic carbocycles. The number of rotatable bonds is 0. The summed E-state index contributed by atoms with van der Waals surface area (Å²) in [5, 5.41) is 4.75. The largest absolute Gasteiger partial charge is 0.361 e. The van der Waals surface area contributed by atoms with Gasteiger partial charge in [-0.15, -0.1) is 11.3 Å². The molecule has 12 heavy (non-hydrogen) atoms.